The van der Waals surface area contributed by atoms with Gasteiger partial charge in [-0.25, -0.2) is 0 Å². The number of aliphatic hydroxyl groups excluding tert-OH is 1. The molecule has 3 nitrogen and oxygen atoms in total. The number of nitrogens with zero attached hydrogens (tertiary/aromatic N) is 1. The molecule has 170 valence electrons. The molecule has 1 fully saturated rings. The molecule has 0 radical (unpaired) electrons. The Morgan fingerprint density at radius 3 is 1.94 bits per heavy atom. The fourth-order valence-electron chi connectivity index (χ4n) is 4.41. The topological polar surface area (TPSA) is 43.7 Å². The van der Waals surface area contributed by atoms with E-state index < -0.39 is 29.0 Å². The van der Waals surface area contributed by atoms with Crippen LogP contribution >= 0.6 is 0 Å². The average molecular weight is 436 g/mol. The van der Waals surface area contributed by atoms with Gasteiger partial charge in [-0.2, -0.15) is 13.2 Å². The van der Waals surface area contributed by atoms with Crippen LogP contribution < -0.4 is 0 Å². The molecule has 0 bridgehead atoms. The Kier molecular flexibility index (Phi) is 6.84. The van der Waals surface area contributed by atoms with Crippen molar-refractivity contribution in [2.75, 3.05) is 13.1 Å². The molecule has 2 N–H and O–H groups in total. The predicted molar refractivity (Wildman–Crippen MR) is 117 cm³/mol. The summed E-state index contributed by atoms with van der Waals surface area (Å²) in [6.45, 7) is 6.85. The van der Waals surface area contributed by atoms with Crippen molar-refractivity contribution >= 4 is 0 Å². The summed E-state index contributed by atoms with van der Waals surface area (Å²) < 4.78 is 38.9. The third kappa shape index (κ3) is 4.81. The molecular formula is C25H32F3NO2. The molecule has 2 unspecified atom stereocenters. The first-order valence-corrected chi connectivity index (χ1v) is 10.9. The van der Waals surface area contributed by atoms with Crippen molar-refractivity contribution < 1.29 is 23.4 Å². The van der Waals surface area contributed by atoms with E-state index in [0.717, 1.165) is 62.0 Å². The zero-order valence-electron chi connectivity index (χ0n) is 18.4. The predicted octanol–water partition coefficient (Wildman–Crippen LogP) is 5.60. The third-order valence-corrected chi connectivity index (χ3v) is 6.88. The Hall–Kier alpha value is -1.89. The molecule has 1 aliphatic heterocycles. The second-order valence-corrected chi connectivity index (χ2v) is 9.22. The highest BCUT2D eigenvalue weighted by molar-refractivity contribution is 5.69. The van der Waals surface area contributed by atoms with Gasteiger partial charge in [0.25, 0.3) is 0 Å². The summed E-state index contributed by atoms with van der Waals surface area (Å²) in [4.78, 5) is 1.94. The molecule has 2 atom stereocenters. The minimum atomic E-state index is -4.39. The van der Waals surface area contributed by atoms with Crippen LogP contribution in [0.25, 0.3) is 11.1 Å². The minimum Gasteiger partial charge on any atom is -0.385 e. The lowest BCUT2D eigenvalue weighted by Crippen LogP contribution is -2.60. The Morgan fingerprint density at radius 2 is 1.39 bits per heavy atom. The van der Waals surface area contributed by atoms with Gasteiger partial charge < -0.3 is 10.2 Å². The Bertz CT molecular complexity index is 867. The SMILES string of the molecule is CC(C)(c1ccccc1-c1ccc(C(F)(F)F)cc1)C(C)(O)C(O)N1CCCCCC1. The smallest absolute Gasteiger partial charge is 0.385 e. The van der Waals surface area contributed by atoms with Gasteiger partial charge in [0.05, 0.1) is 5.56 Å². The molecule has 0 saturated carbocycles. The number of likely N-dealkylation sites (tertiary alicyclic amines) is 1. The van der Waals surface area contributed by atoms with Crippen molar-refractivity contribution in [1.82, 2.24) is 4.90 Å². The molecule has 1 heterocycles. The van der Waals surface area contributed by atoms with E-state index >= 15 is 0 Å². The van der Waals surface area contributed by atoms with E-state index in [1.54, 1.807) is 6.92 Å². The first kappa shape index (κ1) is 23.8. The molecule has 2 aromatic rings. The van der Waals surface area contributed by atoms with Crippen LogP contribution in [0.4, 0.5) is 13.2 Å². The van der Waals surface area contributed by atoms with Gasteiger partial charge in [-0.3, -0.25) is 4.90 Å². The maximum absolute atomic E-state index is 13.0. The van der Waals surface area contributed by atoms with Gasteiger partial charge in [0.2, 0.25) is 0 Å². The van der Waals surface area contributed by atoms with E-state index in [-0.39, 0.29) is 0 Å². The van der Waals surface area contributed by atoms with Gasteiger partial charge in [-0.15, -0.1) is 0 Å². The number of hydrogen-bond donors (Lipinski definition) is 2. The second-order valence-electron chi connectivity index (χ2n) is 9.22. The summed E-state index contributed by atoms with van der Waals surface area (Å²) in [5, 5.41) is 22.8. The van der Waals surface area contributed by atoms with Crippen LogP contribution in [0, 0.1) is 0 Å². The summed E-state index contributed by atoms with van der Waals surface area (Å²) >= 11 is 0. The fraction of sp³-hybridized carbons (Fsp3) is 0.520. The van der Waals surface area contributed by atoms with Crippen molar-refractivity contribution in [3.63, 3.8) is 0 Å². The molecule has 1 saturated heterocycles. The largest absolute Gasteiger partial charge is 0.416 e. The summed E-state index contributed by atoms with van der Waals surface area (Å²) in [6.07, 6.45) is -1.25. The molecule has 6 heteroatoms. The number of alkyl halides is 3. The van der Waals surface area contributed by atoms with Gasteiger partial charge in [0, 0.05) is 18.5 Å². The normalized spacial score (nSPS) is 19.5. The molecule has 3 rings (SSSR count). The van der Waals surface area contributed by atoms with E-state index in [2.05, 4.69) is 0 Å². The van der Waals surface area contributed by atoms with E-state index in [9.17, 15) is 23.4 Å². The molecule has 0 spiro atoms. The molecule has 0 aromatic heterocycles. The maximum atomic E-state index is 13.0. The molecule has 31 heavy (non-hydrogen) atoms. The number of aliphatic hydroxyl groups is 2. The van der Waals surface area contributed by atoms with Crippen LogP contribution in [-0.2, 0) is 11.6 Å². The summed E-state index contributed by atoms with van der Waals surface area (Å²) in [5.41, 5.74) is -0.913. The Morgan fingerprint density at radius 1 is 0.839 bits per heavy atom. The standard InChI is InChI=1S/C25H32F3NO2/c1-23(2,24(3,31)22(30)29-16-8-4-5-9-17-29)21-11-7-6-10-20(21)18-12-14-19(15-13-18)25(26,27)28/h6-7,10-15,22,30-31H,4-5,8-9,16-17H2,1-3H3. The lowest BCUT2D eigenvalue weighted by Gasteiger charge is -2.47. The van der Waals surface area contributed by atoms with E-state index in [1.807, 2.05) is 43.0 Å². The molecule has 1 aliphatic rings. The first-order valence-electron chi connectivity index (χ1n) is 10.9. The van der Waals surface area contributed by atoms with Crippen LogP contribution in [-0.4, -0.2) is 40.0 Å². The first-order chi connectivity index (χ1) is 14.5. The van der Waals surface area contributed by atoms with Gasteiger partial charge in [-0.05, 0) is 48.6 Å². The molecular weight excluding hydrogens is 403 g/mol. The van der Waals surface area contributed by atoms with E-state index in [1.165, 1.54) is 12.1 Å². The second kappa shape index (κ2) is 8.93. The van der Waals surface area contributed by atoms with E-state index in [0.29, 0.717) is 5.56 Å². The van der Waals surface area contributed by atoms with Crippen LogP contribution in [0.15, 0.2) is 48.5 Å². The van der Waals surface area contributed by atoms with Gasteiger partial charge >= 0.3 is 6.18 Å². The highest BCUT2D eigenvalue weighted by Gasteiger charge is 2.49. The zero-order chi connectivity index (χ0) is 22.9. The molecule has 0 aliphatic carbocycles. The zero-order valence-corrected chi connectivity index (χ0v) is 18.4. The highest BCUT2D eigenvalue weighted by Crippen LogP contribution is 2.43. The van der Waals surface area contributed by atoms with Gasteiger partial charge in [-0.1, -0.05) is 63.1 Å². The maximum Gasteiger partial charge on any atom is 0.416 e. The molecule has 2 aromatic carbocycles. The number of halogens is 3. The van der Waals surface area contributed by atoms with E-state index in [4.69, 9.17) is 0 Å². The van der Waals surface area contributed by atoms with Crippen LogP contribution in [0.5, 0.6) is 0 Å². The van der Waals surface area contributed by atoms with Crippen LogP contribution in [0.1, 0.15) is 57.6 Å². The highest BCUT2D eigenvalue weighted by atomic mass is 19.4. The minimum absolute atomic E-state index is 0.636. The quantitative estimate of drug-likeness (QED) is 0.643. The van der Waals surface area contributed by atoms with Crippen molar-refractivity contribution in [2.24, 2.45) is 0 Å². The fourth-order valence-corrected chi connectivity index (χ4v) is 4.41. The lowest BCUT2D eigenvalue weighted by atomic mass is 9.67. The van der Waals surface area contributed by atoms with Crippen molar-refractivity contribution in [2.45, 2.75) is 69.9 Å². The average Bonchev–Trinajstić information content (AvgIpc) is 3.02. The Balaban J connectivity index is 1.97. The third-order valence-electron chi connectivity index (χ3n) is 6.88. The number of hydrogen-bond acceptors (Lipinski definition) is 3. The lowest BCUT2D eigenvalue weighted by molar-refractivity contribution is -0.170. The van der Waals surface area contributed by atoms with Crippen molar-refractivity contribution in [3.05, 3.63) is 59.7 Å². The van der Waals surface area contributed by atoms with Crippen LogP contribution in [0.3, 0.4) is 0 Å². The number of benzene rings is 2. The Labute approximate surface area is 182 Å². The van der Waals surface area contributed by atoms with Gasteiger partial charge in [0.1, 0.15) is 11.8 Å². The summed E-state index contributed by atoms with van der Waals surface area (Å²) in [6, 6.07) is 12.4. The molecule has 0 amide bonds. The van der Waals surface area contributed by atoms with Gasteiger partial charge in [0.15, 0.2) is 0 Å². The van der Waals surface area contributed by atoms with Crippen molar-refractivity contribution in [3.8, 4) is 11.1 Å². The summed E-state index contributed by atoms with van der Waals surface area (Å²) in [5.74, 6) is 0. The summed E-state index contributed by atoms with van der Waals surface area (Å²) in [7, 11) is 0. The van der Waals surface area contributed by atoms with Crippen molar-refractivity contribution in [1.29, 1.82) is 0 Å². The number of rotatable bonds is 5. The van der Waals surface area contributed by atoms with Crippen LogP contribution in [0.2, 0.25) is 0 Å². The monoisotopic (exact) mass is 435 g/mol.